The summed E-state index contributed by atoms with van der Waals surface area (Å²) in [6.07, 6.45) is 0.706. The number of amides is 2. The fourth-order valence-corrected chi connectivity index (χ4v) is 6.06. The molecule has 3 aromatic rings. The largest absolute Gasteiger partial charge is 0.352 e. The minimum absolute atomic E-state index is 0.00361. The normalized spacial score (nSPS) is 12.9. The maximum atomic E-state index is 14.0. The number of hydrogen-bond donors (Lipinski definition) is 1. The first-order valence-electron chi connectivity index (χ1n) is 12.7. The minimum atomic E-state index is -4.17. The summed E-state index contributed by atoms with van der Waals surface area (Å²) in [6.45, 7) is 6.58. The van der Waals surface area contributed by atoms with E-state index >= 15 is 0 Å². The van der Waals surface area contributed by atoms with Gasteiger partial charge in [-0.1, -0.05) is 66.0 Å². The first-order chi connectivity index (χ1) is 18.8. The fraction of sp³-hybridized carbons (Fsp3) is 0.310. The van der Waals surface area contributed by atoms with Crippen LogP contribution in [0.2, 0.25) is 15.1 Å². The SMILES string of the molecule is CCC(C)NC(=O)C(C)N(Cc1ccc(Cl)c(Cl)c1)C(=O)CN(c1ccc(Cl)cc1C)S(=O)(=O)c1ccccc1. The predicted octanol–water partition coefficient (Wildman–Crippen LogP) is 6.48. The Morgan fingerprint density at radius 3 is 2.20 bits per heavy atom. The number of benzene rings is 3. The lowest BCUT2D eigenvalue weighted by Gasteiger charge is -2.33. The Morgan fingerprint density at radius 2 is 1.60 bits per heavy atom. The summed E-state index contributed by atoms with van der Waals surface area (Å²) >= 11 is 18.4. The van der Waals surface area contributed by atoms with E-state index < -0.39 is 28.5 Å². The first-order valence-corrected chi connectivity index (χ1v) is 15.3. The van der Waals surface area contributed by atoms with Crippen molar-refractivity contribution in [3.05, 3.63) is 92.9 Å². The monoisotopic (exact) mass is 623 g/mol. The third kappa shape index (κ3) is 7.69. The lowest BCUT2D eigenvalue weighted by Crippen LogP contribution is -2.52. The number of halogens is 3. The predicted molar refractivity (Wildman–Crippen MR) is 162 cm³/mol. The number of nitrogens with one attached hydrogen (secondary N) is 1. The molecule has 1 N–H and O–H groups in total. The number of sulfonamides is 1. The number of carbonyl (C=O) groups is 2. The van der Waals surface area contributed by atoms with Crippen LogP contribution in [0.15, 0.2) is 71.6 Å². The zero-order valence-electron chi connectivity index (χ0n) is 22.7. The standard InChI is InChI=1S/C29H32Cl3N3O4S/c1-5-20(3)33-29(37)21(4)34(17-22-11-13-25(31)26(32)16-22)28(36)18-35(27-14-12-23(30)15-19(27)2)40(38,39)24-9-7-6-8-10-24/h6-16,20-21H,5,17-18H2,1-4H3,(H,33,37). The number of aryl methyl sites for hydroxylation is 1. The topological polar surface area (TPSA) is 86.8 Å². The molecule has 0 bridgehead atoms. The summed E-state index contributed by atoms with van der Waals surface area (Å²) in [5.41, 5.74) is 1.50. The lowest BCUT2D eigenvalue weighted by molar-refractivity contribution is -0.139. The lowest BCUT2D eigenvalue weighted by atomic mass is 10.1. The minimum Gasteiger partial charge on any atom is -0.352 e. The zero-order chi connectivity index (χ0) is 29.6. The van der Waals surface area contributed by atoms with Gasteiger partial charge in [0.1, 0.15) is 12.6 Å². The van der Waals surface area contributed by atoms with Crippen LogP contribution in [-0.4, -0.2) is 43.8 Å². The molecule has 0 spiro atoms. The van der Waals surface area contributed by atoms with Crippen LogP contribution in [0.25, 0.3) is 0 Å². The summed E-state index contributed by atoms with van der Waals surface area (Å²) in [5, 5.41) is 3.98. The second-order valence-corrected chi connectivity index (χ2v) is 12.6. The van der Waals surface area contributed by atoms with Crippen molar-refractivity contribution in [3.8, 4) is 0 Å². The fourth-order valence-electron chi connectivity index (χ4n) is 4.01. The molecule has 7 nitrogen and oxygen atoms in total. The molecule has 2 amide bonds. The van der Waals surface area contributed by atoms with Crippen molar-refractivity contribution in [2.24, 2.45) is 0 Å². The van der Waals surface area contributed by atoms with Crippen LogP contribution in [0.1, 0.15) is 38.3 Å². The van der Waals surface area contributed by atoms with Crippen LogP contribution in [0.3, 0.4) is 0 Å². The molecule has 0 saturated carbocycles. The van der Waals surface area contributed by atoms with E-state index in [-0.39, 0.29) is 23.4 Å². The van der Waals surface area contributed by atoms with Gasteiger partial charge in [-0.25, -0.2) is 8.42 Å². The highest BCUT2D eigenvalue weighted by molar-refractivity contribution is 7.92. The van der Waals surface area contributed by atoms with Gasteiger partial charge in [-0.2, -0.15) is 0 Å². The second-order valence-electron chi connectivity index (χ2n) is 9.52. The third-order valence-electron chi connectivity index (χ3n) is 6.54. The van der Waals surface area contributed by atoms with Gasteiger partial charge in [-0.3, -0.25) is 13.9 Å². The van der Waals surface area contributed by atoms with Gasteiger partial charge in [0.05, 0.1) is 20.6 Å². The molecular weight excluding hydrogens is 593 g/mol. The molecule has 0 aliphatic carbocycles. The van der Waals surface area contributed by atoms with Gasteiger partial charge in [0, 0.05) is 17.6 Å². The molecule has 3 aromatic carbocycles. The summed E-state index contributed by atoms with van der Waals surface area (Å²) in [4.78, 5) is 28.5. The van der Waals surface area contributed by atoms with E-state index in [0.717, 1.165) is 4.31 Å². The van der Waals surface area contributed by atoms with Crippen LogP contribution >= 0.6 is 34.8 Å². The van der Waals surface area contributed by atoms with Gasteiger partial charge < -0.3 is 10.2 Å². The van der Waals surface area contributed by atoms with Gasteiger partial charge >= 0.3 is 0 Å². The summed E-state index contributed by atoms with van der Waals surface area (Å²) in [6, 6.07) is 16.5. The first kappa shape index (κ1) is 31.7. The van der Waals surface area contributed by atoms with E-state index in [9.17, 15) is 18.0 Å². The highest BCUT2D eigenvalue weighted by Gasteiger charge is 2.33. The van der Waals surface area contributed by atoms with Crippen molar-refractivity contribution in [1.29, 1.82) is 0 Å². The number of carbonyl (C=O) groups excluding carboxylic acids is 2. The van der Waals surface area contributed by atoms with E-state index in [1.165, 1.54) is 17.0 Å². The van der Waals surface area contributed by atoms with Gasteiger partial charge in [0.25, 0.3) is 10.0 Å². The van der Waals surface area contributed by atoms with Crippen molar-refractivity contribution in [1.82, 2.24) is 10.2 Å². The van der Waals surface area contributed by atoms with Crippen LogP contribution in [-0.2, 0) is 26.2 Å². The van der Waals surface area contributed by atoms with Crippen LogP contribution in [0, 0.1) is 6.92 Å². The molecule has 0 aliphatic rings. The molecule has 0 heterocycles. The molecule has 2 atom stereocenters. The maximum absolute atomic E-state index is 14.0. The van der Waals surface area contributed by atoms with E-state index in [1.807, 2.05) is 13.8 Å². The Labute approximate surface area is 251 Å². The Kier molecular flexibility index (Phi) is 10.9. The molecule has 0 aliphatic heterocycles. The second kappa shape index (κ2) is 13.7. The summed E-state index contributed by atoms with van der Waals surface area (Å²) in [7, 11) is -4.17. The van der Waals surface area contributed by atoms with E-state index in [0.29, 0.717) is 38.3 Å². The highest BCUT2D eigenvalue weighted by Crippen LogP contribution is 2.30. The molecule has 0 aromatic heterocycles. The van der Waals surface area contributed by atoms with Gasteiger partial charge in [-0.05, 0) is 80.8 Å². The molecule has 11 heteroatoms. The smallest absolute Gasteiger partial charge is 0.264 e. The molecule has 214 valence electrons. The average molecular weight is 625 g/mol. The van der Waals surface area contributed by atoms with E-state index in [1.54, 1.807) is 68.4 Å². The molecule has 0 radical (unpaired) electrons. The summed E-state index contributed by atoms with van der Waals surface area (Å²) in [5.74, 6) is -0.936. The van der Waals surface area contributed by atoms with Gasteiger partial charge in [0.15, 0.2) is 0 Å². The maximum Gasteiger partial charge on any atom is 0.264 e. The van der Waals surface area contributed by atoms with Crippen LogP contribution in [0.5, 0.6) is 0 Å². The Balaban J connectivity index is 2.06. The molecule has 0 fully saturated rings. The molecular formula is C29H32Cl3N3O4S. The third-order valence-corrected chi connectivity index (χ3v) is 9.29. The van der Waals surface area contributed by atoms with Gasteiger partial charge in [-0.15, -0.1) is 0 Å². The van der Waals surface area contributed by atoms with Crippen LogP contribution in [0.4, 0.5) is 5.69 Å². The highest BCUT2D eigenvalue weighted by atomic mass is 35.5. The van der Waals surface area contributed by atoms with E-state index in [2.05, 4.69) is 5.32 Å². The van der Waals surface area contributed by atoms with Gasteiger partial charge in [0.2, 0.25) is 11.8 Å². The quantitative estimate of drug-likeness (QED) is 0.265. The Morgan fingerprint density at radius 1 is 0.925 bits per heavy atom. The van der Waals surface area contributed by atoms with Crippen molar-refractivity contribution in [2.45, 2.75) is 57.6 Å². The van der Waals surface area contributed by atoms with Crippen molar-refractivity contribution < 1.29 is 18.0 Å². The van der Waals surface area contributed by atoms with E-state index in [4.69, 9.17) is 34.8 Å². The Bertz CT molecular complexity index is 1470. The Hall–Kier alpha value is -2.78. The number of hydrogen-bond acceptors (Lipinski definition) is 4. The van der Waals surface area contributed by atoms with Crippen LogP contribution < -0.4 is 9.62 Å². The number of rotatable bonds is 11. The molecule has 40 heavy (non-hydrogen) atoms. The van der Waals surface area contributed by atoms with Crippen molar-refractivity contribution in [2.75, 3.05) is 10.8 Å². The summed E-state index contributed by atoms with van der Waals surface area (Å²) < 4.78 is 28.8. The number of anilines is 1. The zero-order valence-corrected chi connectivity index (χ0v) is 25.8. The molecule has 2 unspecified atom stereocenters. The molecule has 0 saturated heterocycles. The average Bonchev–Trinajstić information content (AvgIpc) is 2.92. The van der Waals surface area contributed by atoms with Crippen molar-refractivity contribution in [3.63, 3.8) is 0 Å². The van der Waals surface area contributed by atoms with Crippen molar-refractivity contribution >= 4 is 62.3 Å². The molecule has 3 rings (SSSR count). The number of nitrogens with zero attached hydrogens (tertiary/aromatic N) is 2.